The van der Waals surface area contributed by atoms with Gasteiger partial charge in [0.1, 0.15) is 17.6 Å². The number of aromatic hydroxyl groups is 1. The van der Waals surface area contributed by atoms with Gasteiger partial charge in [-0.25, -0.2) is 4.98 Å². The van der Waals surface area contributed by atoms with Crippen LogP contribution in [0.5, 0.6) is 5.75 Å². The number of halogens is 1. The lowest BCUT2D eigenvalue weighted by atomic mass is 10.0. The van der Waals surface area contributed by atoms with E-state index >= 15 is 0 Å². The van der Waals surface area contributed by atoms with Crippen LogP contribution in [0.2, 0.25) is 5.02 Å². The third-order valence-electron chi connectivity index (χ3n) is 5.11. The van der Waals surface area contributed by atoms with E-state index in [4.69, 9.17) is 16.6 Å². The van der Waals surface area contributed by atoms with Crippen molar-refractivity contribution in [1.29, 1.82) is 0 Å². The maximum Gasteiger partial charge on any atom is 0.255 e. The van der Waals surface area contributed by atoms with Crippen molar-refractivity contribution in [3.63, 3.8) is 0 Å². The van der Waals surface area contributed by atoms with Gasteiger partial charge in [-0.1, -0.05) is 41.9 Å². The van der Waals surface area contributed by atoms with E-state index < -0.39 is 6.04 Å². The molecule has 1 aliphatic rings. The highest BCUT2D eigenvalue weighted by Gasteiger charge is 2.37. The zero-order chi connectivity index (χ0) is 19.3. The molecule has 0 radical (unpaired) electrons. The summed E-state index contributed by atoms with van der Waals surface area (Å²) in [5.41, 5.74) is 3.83. The Morgan fingerprint density at radius 3 is 2.68 bits per heavy atom. The second kappa shape index (κ2) is 6.39. The Morgan fingerprint density at radius 2 is 1.86 bits per heavy atom. The number of aromatic nitrogens is 2. The highest BCUT2D eigenvalue weighted by Crippen LogP contribution is 2.39. The lowest BCUT2D eigenvalue weighted by molar-refractivity contribution is 0.0724. The van der Waals surface area contributed by atoms with Crippen molar-refractivity contribution in [1.82, 2.24) is 14.9 Å². The maximum absolute atomic E-state index is 13.2. The molecule has 3 aromatic carbocycles. The molecule has 28 heavy (non-hydrogen) atoms. The molecule has 0 bridgehead atoms. The van der Waals surface area contributed by atoms with Crippen LogP contribution in [-0.2, 0) is 6.54 Å². The van der Waals surface area contributed by atoms with Gasteiger partial charge in [0.25, 0.3) is 5.91 Å². The first-order chi connectivity index (χ1) is 13.6. The number of hydrogen-bond donors (Lipinski definition) is 2. The van der Waals surface area contributed by atoms with Crippen LogP contribution in [0, 0.1) is 0 Å². The number of amides is 1. The van der Waals surface area contributed by atoms with E-state index in [1.807, 2.05) is 48.5 Å². The van der Waals surface area contributed by atoms with Crippen LogP contribution in [0.15, 0.2) is 66.7 Å². The van der Waals surface area contributed by atoms with E-state index in [1.165, 1.54) is 0 Å². The fourth-order valence-corrected chi connectivity index (χ4v) is 3.98. The number of aromatic amines is 1. The third kappa shape index (κ3) is 2.63. The minimum Gasteiger partial charge on any atom is -0.508 e. The molecule has 2 heterocycles. The average Bonchev–Trinajstić information content (AvgIpc) is 3.27. The number of nitrogens with one attached hydrogen (secondary N) is 1. The Labute approximate surface area is 166 Å². The summed E-state index contributed by atoms with van der Waals surface area (Å²) in [6.45, 7) is 0.433. The highest BCUT2D eigenvalue weighted by molar-refractivity contribution is 6.30. The zero-order valence-electron chi connectivity index (χ0n) is 14.8. The topological polar surface area (TPSA) is 69.2 Å². The largest absolute Gasteiger partial charge is 0.508 e. The number of hydrogen-bond acceptors (Lipinski definition) is 3. The molecule has 0 saturated heterocycles. The maximum atomic E-state index is 13.2. The summed E-state index contributed by atoms with van der Waals surface area (Å²) in [5.74, 6) is 0.555. The number of phenols is 1. The first kappa shape index (κ1) is 16.8. The van der Waals surface area contributed by atoms with E-state index in [9.17, 15) is 9.90 Å². The molecular formula is C22H16ClN3O2. The molecule has 1 atom stereocenters. The van der Waals surface area contributed by atoms with Crippen molar-refractivity contribution in [2.45, 2.75) is 12.6 Å². The summed E-state index contributed by atoms with van der Waals surface area (Å²) < 4.78 is 0. The smallest absolute Gasteiger partial charge is 0.255 e. The summed E-state index contributed by atoms with van der Waals surface area (Å²) >= 11 is 6.21. The Hall–Kier alpha value is -3.31. The van der Waals surface area contributed by atoms with Crippen LogP contribution in [-0.4, -0.2) is 25.9 Å². The molecule has 138 valence electrons. The monoisotopic (exact) mass is 389 g/mol. The molecule has 4 aromatic rings. The summed E-state index contributed by atoms with van der Waals surface area (Å²) in [6, 6.07) is 19.5. The van der Waals surface area contributed by atoms with Crippen molar-refractivity contribution >= 4 is 28.5 Å². The summed E-state index contributed by atoms with van der Waals surface area (Å²) in [7, 11) is 0. The zero-order valence-corrected chi connectivity index (χ0v) is 15.5. The van der Waals surface area contributed by atoms with Gasteiger partial charge in [-0.3, -0.25) is 4.79 Å². The molecule has 1 aromatic heterocycles. The number of imidazole rings is 1. The normalized spacial score (nSPS) is 14.5. The minimum absolute atomic E-state index is 0.0682. The second-order valence-corrected chi connectivity index (χ2v) is 7.27. The minimum atomic E-state index is -0.592. The molecule has 5 nitrogen and oxygen atoms in total. The van der Waals surface area contributed by atoms with Crippen molar-refractivity contribution in [3.05, 3.63) is 94.3 Å². The van der Waals surface area contributed by atoms with Gasteiger partial charge in [-0.15, -0.1) is 0 Å². The molecule has 1 amide bonds. The number of H-pyrrole nitrogens is 1. The van der Waals surface area contributed by atoms with Gasteiger partial charge >= 0.3 is 0 Å². The highest BCUT2D eigenvalue weighted by atomic mass is 35.5. The van der Waals surface area contributed by atoms with Gasteiger partial charge in [0.15, 0.2) is 0 Å². The summed E-state index contributed by atoms with van der Waals surface area (Å²) in [5, 5.41) is 11.1. The number of phenolic OH excluding ortho intramolecular Hbond substituents is 1. The van der Waals surface area contributed by atoms with Gasteiger partial charge < -0.3 is 15.0 Å². The first-order valence-electron chi connectivity index (χ1n) is 8.94. The lowest BCUT2D eigenvalue weighted by Crippen LogP contribution is -2.30. The average molecular weight is 390 g/mol. The number of carbonyl (C=O) groups is 1. The molecule has 0 spiro atoms. The molecule has 1 unspecified atom stereocenters. The number of fused-ring (bicyclic) bond motifs is 2. The summed E-state index contributed by atoms with van der Waals surface area (Å²) in [6.07, 6.45) is 0. The molecule has 6 heteroatoms. The summed E-state index contributed by atoms with van der Waals surface area (Å²) in [4.78, 5) is 22.9. The van der Waals surface area contributed by atoms with Crippen molar-refractivity contribution in [3.8, 4) is 5.75 Å². The van der Waals surface area contributed by atoms with Crippen LogP contribution in [0.1, 0.15) is 33.4 Å². The van der Waals surface area contributed by atoms with Crippen molar-refractivity contribution in [2.75, 3.05) is 0 Å². The molecule has 0 aliphatic carbocycles. The van der Waals surface area contributed by atoms with E-state index in [-0.39, 0.29) is 11.7 Å². The molecule has 0 fully saturated rings. The van der Waals surface area contributed by atoms with Gasteiger partial charge in [0.05, 0.1) is 11.0 Å². The molecule has 5 rings (SSSR count). The number of para-hydroxylation sites is 2. The molecular weight excluding hydrogens is 374 g/mol. The molecule has 1 aliphatic heterocycles. The van der Waals surface area contributed by atoms with Crippen LogP contribution >= 0.6 is 11.6 Å². The van der Waals surface area contributed by atoms with E-state index in [1.54, 1.807) is 23.1 Å². The Morgan fingerprint density at radius 1 is 1.07 bits per heavy atom. The van der Waals surface area contributed by atoms with Crippen molar-refractivity contribution in [2.24, 2.45) is 0 Å². The van der Waals surface area contributed by atoms with Crippen LogP contribution in [0.25, 0.3) is 11.0 Å². The fraction of sp³-hybridized carbons (Fsp3) is 0.0909. The van der Waals surface area contributed by atoms with Crippen LogP contribution < -0.4 is 0 Å². The predicted octanol–water partition coefficient (Wildman–Crippen LogP) is 4.67. The van der Waals surface area contributed by atoms with Gasteiger partial charge in [-0.05, 0) is 42.0 Å². The van der Waals surface area contributed by atoms with Gasteiger partial charge in [0, 0.05) is 22.7 Å². The predicted molar refractivity (Wildman–Crippen MR) is 107 cm³/mol. The fourth-order valence-electron chi connectivity index (χ4n) is 3.79. The Balaban J connectivity index is 1.69. The number of benzene rings is 3. The van der Waals surface area contributed by atoms with E-state index in [0.29, 0.717) is 28.5 Å². The quantitative estimate of drug-likeness (QED) is 0.535. The molecule has 2 N–H and O–H groups in total. The third-order valence-corrected chi connectivity index (χ3v) is 5.35. The van der Waals surface area contributed by atoms with E-state index in [2.05, 4.69) is 4.98 Å². The van der Waals surface area contributed by atoms with E-state index in [0.717, 1.165) is 16.6 Å². The number of carbonyl (C=O) groups excluding carboxylic acids is 1. The van der Waals surface area contributed by atoms with Gasteiger partial charge in [0.2, 0.25) is 0 Å². The Bertz CT molecular complexity index is 1180. The SMILES string of the molecule is O=C1c2ccccc2CN1C(c1nc2ccccc2[nH]1)c1cc(Cl)ccc1O. The second-order valence-electron chi connectivity index (χ2n) is 6.84. The lowest BCUT2D eigenvalue weighted by Gasteiger charge is -2.27. The number of rotatable bonds is 3. The standard InChI is InChI=1S/C22H16ClN3O2/c23-14-9-10-19(27)16(11-14)20(21-24-17-7-3-4-8-18(17)25-21)26-12-13-5-1-2-6-15(13)22(26)28/h1-11,20,27H,12H2,(H,24,25). The van der Waals surface area contributed by atoms with Crippen molar-refractivity contribution < 1.29 is 9.90 Å². The number of nitrogens with zero attached hydrogens (tertiary/aromatic N) is 2. The van der Waals surface area contributed by atoms with Crippen LogP contribution in [0.4, 0.5) is 0 Å². The Kier molecular flexibility index (Phi) is 3.84. The van der Waals surface area contributed by atoms with Gasteiger partial charge in [-0.2, -0.15) is 0 Å². The van der Waals surface area contributed by atoms with Crippen LogP contribution in [0.3, 0.4) is 0 Å². The first-order valence-corrected chi connectivity index (χ1v) is 9.31. The molecule has 0 saturated carbocycles.